The normalized spacial score (nSPS) is 19.3. The highest BCUT2D eigenvalue weighted by atomic mass is 35.5. The van der Waals surface area contributed by atoms with Gasteiger partial charge in [0.05, 0.1) is 12.2 Å². The van der Waals surface area contributed by atoms with Crippen LogP contribution in [0, 0.1) is 5.92 Å². The second-order valence-corrected chi connectivity index (χ2v) is 6.39. The first-order valence-corrected chi connectivity index (χ1v) is 8.35. The number of rotatable bonds is 5. The van der Waals surface area contributed by atoms with Crippen molar-refractivity contribution in [3.05, 3.63) is 22.8 Å². The standard InChI is InChI=1S/C16H22ClN3O2/c1-2-22-15-14(17)9-13(10-18-15)16(21)20-7-5-19(6-8-20)11-12-3-4-12/h9-10,12H,2-8,11H2,1H3. The summed E-state index contributed by atoms with van der Waals surface area (Å²) in [5, 5.41) is 0.389. The maximum absolute atomic E-state index is 12.5. The SMILES string of the molecule is CCOc1ncc(C(=O)N2CCN(CC3CC3)CC2)cc1Cl. The number of ether oxygens (including phenoxy) is 1. The van der Waals surface area contributed by atoms with Crippen LogP contribution in [-0.2, 0) is 0 Å². The Bertz CT molecular complexity index is 540. The van der Waals surface area contributed by atoms with Crippen LogP contribution in [0.15, 0.2) is 12.3 Å². The summed E-state index contributed by atoms with van der Waals surface area (Å²) < 4.78 is 5.30. The third-order valence-electron chi connectivity index (χ3n) is 4.21. The predicted octanol–water partition coefficient (Wildman–Crippen LogP) is 2.30. The van der Waals surface area contributed by atoms with Gasteiger partial charge in [-0.15, -0.1) is 0 Å². The summed E-state index contributed by atoms with van der Waals surface area (Å²) in [4.78, 5) is 21.0. The molecule has 2 fully saturated rings. The Balaban J connectivity index is 1.58. The van der Waals surface area contributed by atoms with Gasteiger partial charge in [0.15, 0.2) is 0 Å². The molecule has 6 heteroatoms. The molecular formula is C16H22ClN3O2. The molecular weight excluding hydrogens is 302 g/mol. The number of carbonyl (C=O) groups is 1. The number of carbonyl (C=O) groups excluding carboxylic acids is 1. The molecule has 5 nitrogen and oxygen atoms in total. The number of halogens is 1. The molecule has 120 valence electrons. The van der Waals surface area contributed by atoms with Crippen molar-refractivity contribution in [3.8, 4) is 5.88 Å². The van der Waals surface area contributed by atoms with Gasteiger partial charge in [-0.3, -0.25) is 9.69 Å². The van der Waals surface area contributed by atoms with Gasteiger partial charge in [-0.25, -0.2) is 4.98 Å². The number of hydrogen-bond donors (Lipinski definition) is 0. The van der Waals surface area contributed by atoms with Crippen LogP contribution in [-0.4, -0.2) is 60.0 Å². The molecule has 0 N–H and O–H groups in total. The molecule has 0 radical (unpaired) electrons. The average molecular weight is 324 g/mol. The number of amides is 1. The molecule has 3 rings (SSSR count). The summed E-state index contributed by atoms with van der Waals surface area (Å²) in [5.41, 5.74) is 0.532. The molecule has 22 heavy (non-hydrogen) atoms. The van der Waals surface area contributed by atoms with E-state index < -0.39 is 0 Å². The van der Waals surface area contributed by atoms with Crippen molar-refractivity contribution in [3.63, 3.8) is 0 Å². The first-order valence-electron chi connectivity index (χ1n) is 7.97. The molecule has 0 spiro atoms. The van der Waals surface area contributed by atoms with Crippen molar-refractivity contribution in [2.45, 2.75) is 19.8 Å². The Morgan fingerprint density at radius 1 is 1.36 bits per heavy atom. The number of nitrogens with zero attached hydrogens (tertiary/aromatic N) is 3. The highest BCUT2D eigenvalue weighted by Crippen LogP contribution is 2.30. The van der Waals surface area contributed by atoms with Crippen LogP contribution < -0.4 is 4.74 Å². The number of piperazine rings is 1. The summed E-state index contributed by atoms with van der Waals surface area (Å²) in [6.45, 7) is 7.03. The smallest absolute Gasteiger partial charge is 0.255 e. The summed E-state index contributed by atoms with van der Waals surface area (Å²) in [6.07, 6.45) is 4.29. The highest BCUT2D eigenvalue weighted by molar-refractivity contribution is 6.32. The van der Waals surface area contributed by atoms with Crippen LogP contribution in [0.4, 0.5) is 0 Å². The maximum Gasteiger partial charge on any atom is 0.255 e. The van der Waals surface area contributed by atoms with Crippen LogP contribution in [0.1, 0.15) is 30.1 Å². The lowest BCUT2D eigenvalue weighted by atomic mass is 10.2. The van der Waals surface area contributed by atoms with E-state index in [1.165, 1.54) is 19.4 Å². The molecule has 1 saturated heterocycles. The minimum Gasteiger partial charge on any atom is -0.477 e. The van der Waals surface area contributed by atoms with E-state index in [2.05, 4.69) is 9.88 Å². The lowest BCUT2D eigenvalue weighted by Crippen LogP contribution is -2.49. The molecule has 1 aliphatic carbocycles. The Hall–Kier alpha value is -1.33. The lowest BCUT2D eigenvalue weighted by Gasteiger charge is -2.34. The van der Waals surface area contributed by atoms with Crippen LogP contribution in [0.2, 0.25) is 5.02 Å². The number of pyridine rings is 1. The molecule has 1 amide bonds. The van der Waals surface area contributed by atoms with Crippen LogP contribution in [0.25, 0.3) is 0 Å². The van der Waals surface area contributed by atoms with Gasteiger partial charge in [0, 0.05) is 38.9 Å². The quantitative estimate of drug-likeness (QED) is 0.834. The van der Waals surface area contributed by atoms with E-state index in [-0.39, 0.29) is 5.91 Å². The predicted molar refractivity (Wildman–Crippen MR) is 85.5 cm³/mol. The maximum atomic E-state index is 12.5. The second-order valence-electron chi connectivity index (χ2n) is 5.98. The Kier molecular flexibility index (Phi) is 4.84. The lowest BCUT2D eigenvalue weighted by molar-refractivity contribution is 0.0631. The molecule has 0 atom stereocenters. The third kappa shape index (κ3) is 3.70. The summed E-state index contributed by atoms with van der Waals surface area (Å²) >= 11 is 6.11. The van der Waals surface area contributed by atoms with Crippen molar-refractivity contribution in [2.24, 2.45) is 5.92 Å². The molecule has 2 aliphatic rings. The number of hydrogen-bond acceptors (Lipinski definition) is 4. The fraction of sp³-hybridized carbons (Fsp3) is 0.625. The largest absolute Gasteiger partial charge is 0.477 e. The minimum atomic E-state index is 0.00326. The van der Waals surface area contributed by atoms with Gasteiger partial charge in [0.1, 0.15) is 5.02 Å². The molecule has 1 aromatic heterocycles. The van der Waals surface area contributed by atoms with Crippen molar-refractivity contribution >= 4 is 17.5 Å². The second kappa shape index (κ2) is 6.84. The zero-order valence-corrected chi connectivity index (χ0v) is 13.7. The van der Waals surface area contributed by atoms with E-state index in [4.69, 9.17) is 16.3 Å². The van der Waals surface area contributed by atoms with Gasteiger partial charge in [0.25, 0.3) is 5.91 Å². The molecule has 1 saturated carbocycles. The minimum absolute atomic E-state index is 0.00326. The molecule has 1 aliphatic heterocycles. The first-order chi connectivity index (χ1) is 10.7. The van der Waals surface area contributed by atoms with Crippen molar-refractivity contribution in [2.75, 3.05) is 39.3 Å². The summed E-state index contributed by atoms with van der Waals surface area (Å²) in [6, 6.07) is 1.65. The van der Waals surface area contributed by atoms with Crippen molar-refractivity contribution < 1.29 is 9.53 Å². The molecule has 0 bridgehead atoms. The van der Waals surface area contributed by atoms with E-state index in [9.17, 15) is 4.79 Å². The summed E-state index contributed by atoms with van der Waals surface area (Å²) in [7, 11) is 0. The Morgan fingerprint density at radius 3 is 2.68 bits per heavy atom. The Labute approximate surface area is 136 Å². The number of aromatic nitrogens is 1. The van der Waals surface area contributed by atoms with E-state index in [1.54, 1.807) is 12.3 Å². The van der Waals surface area contributed by atoms with Gasteiger partial charge < -0.3 is 9.64 Å². The first kappa shape index (κ1) is 15.6. The van der Waals surface area contributed by atoms with Gasteiger partial charge in [-0.2, -0.15) is 0 Å². The third-order valence-corrected chi connectivity index (χ3v) is 4.48. The Morgan fingerprint density at radius 2 is 2.09 bits per heavy atom. The average Bonchev–Trinajstić information content (AvgIpc) is 3.33. The van der Waals surface area contributed by atoms with Gasteiger partial charge in [-0.05, 0) is 31.7 Å². The van der Waals surface area contributed by atoms with Gasteiger partial charge in [0.2, 0.25) is 5.88 Å². The van der Waals surface area contributed by atoms with Crippen LogP contribution in [0.5, 0.6) is 5.88 Å². The van der Waals surface area contributed by atoms with Gasteiger partial charge >= 0.3 is 0 Å². The molecule has 2 heterocycles. The monoisotopic (exact) mass is 323 g/mol. The zero-order valence-electron chi connectivity index (χ0n) is 12.9. The highest BCUT2D eigenvalue weighted by Gasteiger charge is 2.28. The molecule has 0 unspecified atom stereocenters. The van der Waals surface area contributed by atoms with E-state index in [0.717, 1.165) is 32.1 Å². The summed E-state index contributed by atoms with van der Waals surface area (Å²) in [5.74, 6) is 1.29. The topological polar surface area (TPSA) is 45.7 Å². The zero-order chi connectivity index (χ0) is 15.5. The van der Waals surface area contributed by atoms with Crippen molar-refractivity contribution in [1.29, 1.82) is 0 Å². The van der Waals surface area contributed by atoms with Crippen molar-refractivity contribution in [1.82, 2.24) is 14.8 Å². The van der Waals surface area contributed by atoms with E-state index >= 15 is 0 Å². The van der Waals surface area contributed by atoms with Crippen LogP contribution >= 0.6 is 11.6 Å². The van der Waals surface area contributed by atoms with E-state index in [1.807, 2.05) is 11.8 Å². The fourth-order valence-corrected chi connectivity index (χ4v) is 2.99. The fourth-order valence-electron chi connectivity index (χ4n) is 2.77. The molecule has 1 aromatic rings. The van der Waals surface area contributed by atoms with Crippen LogP contribution in [0.3, 0.4) is 0 Å². The molecule has 0 aromatic carbocycles. The van der Waals surface area contributed by atoms with Gasteiger partial charge in [-0.1, -0.05) is 11.6 Å². The van der Waals surface area contributed by atoms with E-state index in [0.29, 0.717) is 23.1 Å².